The molecule has 4 rings (SSSR count). The largest absolute Gasteiger partial charge is 0.481 e. The fourth-order valence-corrected chi connectivity index (χ4v) is 5.79. The van der Waals surface area contributed by atoms with Crippen LogP contribution < -0.4 is 5.32 Å². The van der Waals surface area contributed by atoms with Crippen LogP contribution >= 0.6 is 11.8 Å². The molecule has 1 atom stereocenters. The van der Waals surface area contributed by atoms with Crippen molar-refractivity contribution in [2.24, 2.45) is 5.92 Å². The second-order valence-electron chi connectivity index (χ2n) is 10.5. The van der Waals surface area contributed by atoms with Crippen LogP contribution in [-0.4, -0.2) is 41.7 Å². The highest BCUT2D eigenvalue weighted by Crippen LogP contribution is 2.42. The van der Waals surface area contributed by atoms with E-state index in [-0.39, 0.29) is 24.9 Å². The predicted molar refractivity (Wildman–Crippen MR) is 155 cm³/mol. The van der Waals surface area contributed by atoms with Gasteiger partial charge in [0, 0.05) is 36.0 Å². The third-order valence-corrected chi connectivity index (χ3v) is 8.08. The summed E-state index contributed by atoms with van der Waals surface area (Å²) in [5.41, 5.74) is 2.18. The van der Waals surface area contributed by atoms with Gasteiger partial charge in [-0.05, 0) is 67.5 Å². The molecule has 1 aliphatic carbocycles. The Morgan fingerprint density at radius 2 is 1.73 bits per heavy atom. The van der Waals surface area contributed by atoms with Gasteiger partial charge in [0.05, 0.1) is 23.8 Å². The van der Waals surface area contributed by atoms with Crippen molar-refractivity contribution < 1.29 is 32.3 Å². The van der Waals surface area contributed by atoms with E-state index in [1.54, 1.807) is 30.9 Å². The van der Waals surface area contributed by atoms with Crippen LogP contribution in [0.4, 0.5) is 18.9 Å². The maximum absolute atomic E-state index is 13.1. The van der Waals surface area contributed by atoms with Crippen molar-refractivity contribution in [3.63, 3.8) is 0 Å². The number of carbonyl (C=O) groups excluding carboxylic acids is 1. The normalized spacial score (nSPS) is 15.0. The minimum absolute atomic E-state index is 0.0795. The fraction of sp³-hybridized carbons (Fsp3) is 0.419. The summed E-state index contributed by atoms with van der Waals surface area (Å²) < 4.78 is 45.6. The molecule has 41 heavy (non-hydrogen) atoms. The van der Waals surface area contributed by atoms with Gasteiger partial charge < -0.3 is 19.7 Å². The highest BCUT2D eigenvalue weighted by molar-refractivity contribution is 7.97. The van der Waals surface area contributed by atoms with E-state index in [1.165, 1.54) is 23.5 Å². The summed E-state index contributed by atoms with van der Waals surface area (Å²) in [6.45, 7) is 0.123. The zero-order chi connectivity index (χ0) is 29.6. The molecule has 2 aromatic carbocycles. The summed E-state index contributed by atoms with van der Waals surface area (Å²) >= 11 is 1.62. The van der Waals surface area contributed by atoms with Gasteiger partial charge in [-0.15, -0.1) is 0 Å². The van der Waals surface area contributed by atoms with E-state index in [2.05, 4.69) is 5.32 Å². The first-order valence-electron chi connectivity index (χ1n) is 13.7. The molecule has 1 amide bonds. The zero-order valence-corrected chi connectivity index (χ0v) is 24.0. The molecule has 0 saturated heterocycles. The Balaban J connectivity index is 1.61. The lowest BCUT2D eigenvalue weighted by atomic mass is 9.81. The average molecular weight is 589 g/mol. The van der Waals surface area contributed by atoms with Gasteiger partial charge in [-0.1, -0.05) is 31.4 Å². The number of anilines is 1. The van der Waals surface area contributed by atoms with Crippen LogP contribution in [0.25, 0.3) is 11.3 Å². The molecule has 1 heterocycles. The molecule has 1 unspecified atom stereocenters. The van der Waals surface area contributed by atoms with E-state index in [9.17, 15) is 22.8 Å². The average Bonchev–Trinajstić information content (AvgIpc) is 3.38. The molecule has 0 aliphatic heterocycles. The van der Waals surface area contributed by atoms with E-state index in [0.29, 0.717) is 28.6 Å². The van der Waals surface area contributed by atoms with Gasteiger partial charge in [-0.2, -0.15) is 24.9 Å². The molecule has 0 spiro atoms. The number of halogens is 3. The molecule has 0 bridgehead atoms. The summed E-state index contributed by atoms with van der Waals surface area (Å²) in [6.07, 6.45) is 2.99. The van der Waals surface area contributed by atoms with Crippen LogP contribution in [-0.2, 0) is 16.7 Å². The standard InChI is InChI=1S/C31H35F3N2O4S/c1-36(17-16-28(37)38)30(39)22-10-14-24(15-11-22)35-29(21-6-4-3-5-7-21)25-18-26(40-27(25)19-41-2)20-8-12-23(13-9-20)31(32,33)34/h8-15,18,21,29,35H,3-7,16-17,19H2,1-2H3,(H,37,38). The lowest BCUT2D eigenvalue weighted by molar-refractivity contribution is -0.138. The molecule has 1 aromatic heterocycles. The second-order valence-corrected chi connectivity index (χ2v) is 11.3. The first-order chi connectivity index (χ1) is 19.6. The molecule has 1 fully saturated rings. The SMILES string of the molecule is CSCc1oc(-c2ccc(C(F)(F)F)cc2)cc1C(Nc1ccc(C(=O)N(C)CCC(=O)O)cc1)C1CCCCC1. The molecular formula is C31H35F3N2O4S. The Morgan fingerprint density at radius 3 is 2.32 bits per heavy atom. The number of thioether (sulfide) groups is 1. The van der Waals surface area contributed by atoms with E-state index in [4.69, 9.17) is 9.52 Å². The minimum Gasteiger partial charge on any atom is -0.481 e. The third kappa shape index (κ3) is 7.87. The summed E-state index contributed by atoms with van der Waals surface area (Å²) in [5.74, 6) is 1.08. The van der Waals surface area contributed by atoms with Crippen molar-refractivity contribution in [3.05, 3.63) is 77.0 Å². The van der Waals surface area contributed by atoms with Crippen LogP contribution in [0.2, 0.25) is 0 Å². The molecule has 6 nitrogen and oxygen atoms in total. The molecule has 1 aliphatic rings. The zero-order valence-electron chi connectivity index (χ0n) is 23.2. The maximum atomic E-state index is 13.1. The highest BCUT2D eigenvalue weighted by atomic mass is 32.2. The second kappa shape index (κ2) is 13.5. The van der Waals surface area contributed by atoms with Crippen molar-refractivity contribution in [1.82, 2.24) is 4.90 Å². The number of alkyl halides is 3. The summed E-state index contributed by atoms with van der Waals surface area (Å²) in [5, 5.41) is 12.6. The Morgan fingerprint density at radius 1 is 1.07 bits per heavy atom. The fourth-order valence-electron chi connectivity index (χ4n) is 5.31. The number of nitrogens with zero attached hydrogens (tertiary/aromatic N) is 1. The van der Waals surface area contributed by atoms with E-state index < -0.39 is 17.7 Å². The monoisotopic (exact) mass is 588 g/mol. The summed E-state index contributed by atoms with van der Waals surface area (Å²) in [7, 11) is 1.58. The predicted octanol–water partition coefficient (Wildman–Crippen LogP) is 8.11. The number of carbonyl (C=O) groups is 2. The van der Waals surface area contributed by atoms with Crippen molar-refractivity contribution in [2.45, 2.75) is 56.5 Å². The first-order valence-corrected chi connectivity index (χ1v) is 15.1. The van der Waals surface area contributed by atoms with Crippen molar-refractivity contribution in [2.75, 3.05) is 25.2 Å². The highest BCUT2D eigenvalue weighted by Gasteiger charge is 2.31. The van der Waals surface area contributed by atoms with E-state index >= 15 is 0 Å². The number of benzene rings is 2. The molecule has 10 heteroatoms. The molecule has 2 N–H and O–H groups in total. The molecular weight excluding hydrogens is 553 g/mol. The number of nitrogens with one attached hydrogen (secondary N) is 1. The molecule has 220 valence electrons. The molecule has 1 saturated carbocycles. The van der Waals surface area contributed by atoms with Crippen LogP contribution in [0.3, 0.4) is 0 Å². The van der Waals surface area contributed by atoms with Crippen LogP contribution in [0.15, 0.2) is 59.0 Å². The Bertz CT molecular complexity index is 1320. The quantitative estimate of drug-likeness (QED) is 0.236. The number of amides is 1. The lowest BCUT2D eigenvalue weighted by Crippen LogP contribution is -2.29. The number of furan rings is 1. The third-order valence-electron chi connectivity index (χ3n) is 7.53. The molecule has 3 aromatic rings. The van der Waals surface area contributed by atoms with E-state index in [0.717, 1.165) is 54.8 Å². The van der Waals surface area contributed by atoms with Crippen LogP contribution in [0.5, 0.6) is 0 Å². The van der Waals surface area contributed by atoms with Gasteiger partial charge in [0.2, 0.25) is 0 Å². The Labute approximate surface area is 242 Å². The van der Waals surface area contributed by atoms with Crippen molar-refractivity contribution in [3.8, 4) is 11.3 Å². The number of hydrogen-bond donors (Lipinski definition) is 2. The number of rotatable bonds is 11. The van der Waals surface area contributed by atoms with E-state index in [1.807, 2.05) is 24.5 Å². The topological polar surface area (TPSA) is 82.8 Å². The number of carboxylic acid groups (broad SMARTS) is 1. The van der Waals surface area contributed by atoms with Gasteiger partial charge in [-0.25, -0.2) is 0 Å². The van der Waals surface area contributed by atoms with Gasteiger partial charge in [-0.3, -0.25) is 9.59 Å². The Kier molecular flexibility index (Phi) is 10.1. The van der Waals surface area contributed by atoms with Crippen molar-refractivity contribution in [1.29, 1.82) is 0 Å². The number of carboxylic acids is 1. The van der Waals surface area contributed by atoms with Gasteiger partial charge >= 0.3 is 12.1 Å². The summed E-state index contributed by atoms with van der Waals surface area (Å²) in [4.78, 5) is 25.0. The van der Waals surface area contributed by atoms with Gasteiger partial charge in [0.25, 0.3) is 5.91 Å². The maximum Gasteiger partial charge on any atom is 0.416 e. The van der Waals surface area contributed by atoms with Crippen LogP contribution in [0, 0.1) is 5.92 Å². The smallest absolute Gasteiger partial charge is 0.416 e. The first kappa shape index (κ1) is 30.6. The lowest BCUT2D eigenvalue weighted by Gasteiger charge is -2.32. The Hall–Kier alpha value is -3.40. The number of aliphatic carboxylic acids is 1. The van der Waals surface area contributed by atoms with Crippen molar-refractivity contribution >= 4 is 29.3 Å². The summed E-state index contributed by atoms with van der Waals surface area (Å²) in [6, 6.07) is 14.1. The minimum atomic E-state index is -4.40. The molecule has 0 radical (unpaired) electrons. The van der Waals surface area contributed by atoms with Gasteiger partial charge in [0.15, 0.2) is 0 Å². The van der Waals surface area contributed by atoms with Gasteiger partial charge in [0.1, 0.15) is 11.5 Å². The number of hydrogen-bond acceptors (Lipinski definition) is 5. The van der Waals surface area contributed by atoms with Crippen LogP contribution in [0.1, 0.15) is 71.8 Å².